The number of aromatic hydroxyl groups is 2. The Morgan fingerprint density at radius 3 is 1.52 bits per heavy atom. The molecular formula is C20H26O3. The number of hydrogen-bond donors (Lipinski definition) is 2. The lowest BCUT2D eigenvalue weighted by Crippen LogP contribution is -1.95. The third-order valence-electron chi connectivity index (χ3n) is 4.52. The van der Waals surface area contributed by atoms with Gasteiger partial charge in [0.05, 0.1) is 0 Å². The molecule has 0 aliphatic carbocycles. The molecular weight excluding hydrogens is 288 g/mol. The van der Waals surface area contributed by atoms with Gasteiger partial charge in [0.25, 0.3) is 0 Å². The average molecular weight is 314 g/mol. The van der Waals surface area contributed by atoms with Gasteiger partial charge in [-0.15, -0.1) is 0 Å². The lowest BCUT2D eigenvalue weighted by Gasteiger charge is -2.15. The maximum Gasteiger partial charge on any atom is 0.127 e. The minimum Gasteiger partial charge on any atom is -0.508 e. The summed E-state index contributed by atoms with van der Waals surface area (Å²) in [6, 6.07) is 10.6. The summed E-state index contributed by atoms with van der Waals surface area (Å²) in [6.07, 6.45) is 1.91. The van der Waals surface area contributed by atoms with Crippen LogP contribution in [0, 0.1) is 0 Å². The zero-order valence-electron chi connectivity index (χ0n) is 14.3. The van der Waals surface area contributed by atoms with E-state index in [2.05, 4.69) is 27.7 Å². The molecule has 3 nitrogen and oxygen atoms in total. The third-order valence-corrected chi connectivity index (χ3v) is 4.52. The summed E-state index contributed by atoms with van der Waals surface area (Å²) in [4.78, 5) is 0. The lowest BCUT2D eigenvalue weighted by atomic mass is 9.97. The number of rotatable bonds is 6. The molecule has 0 amide bonds. The van der Waals surface area contributed by atoms with Crippen molar-refractivity contribution in [3.05, 3.63) is 47.5 Å². The van der Waals surface area contributed by atoms with Crippen molar-refractivity contribution in [1.29, 1.82) is 0 Å². The molecule has 0 saturated heterocycles. The van der Waals surface area contributed by atoms with Crippen molar-refractivity contribution in [2.45, 2.75) is 52.4 Å². The molecule has 2 unspecified atom stereocenters. The van der Waals surface area contributed by atoms with Crippen molar-refractivity contribution in [3.8, 4) is 23.0 Å². The first-order valence-corrected chi connectivity index (χ1v) is 8.29. The molecule has 0 aromatic heterocycles. The standard InChI is InChI=1S/C20H26O3/c1-5-13(3)17-11-15(7-9-19(17)21)23-16-8-10-20(22)18(12-16)14(4)6-2/h7-14,21-22H,5-6H2,1-4H3. The van der Waals surface area contributed by atoms with Gasteiger partial charge in [-0.25, -0.2) is 0 Å². The maximum atomic E-state index is 10.00. The van der Waals surface area contributed by atoms with Gasteiger partial charge in [-0.1, -0.05) is 27.7 Å². The molecule has 0 aliphatic heterocycles. The second-order valence-corrected chi connectivity index (χ2v) is 6.16. The third kappa shape index (κ3) is 3.98. The van der Waals surface area contributed by atoms with Crippen molar-refractivity contribution < 1.29 is 14.9 Å². The summed E-state index contributed by atoms with van der Waals surface area (Å²) in [6.45, 7) is 8.35. The Bertz CT molecular complexity index is 606. The molecule has 0 radical (unpaired) electrons. The van der Waals surface area contributed by atoms with Crippen LogP contribution in [-0.2, 0) is 0 Å². The molecule has 0 bridgehead atoms. The SMILES string of the molecule is CCC(C)c1cc(Oc2ccc(O)c(C(C)CC)c2)ccc1O. The van der Waals surface area contributed by atoms with E-state index in [4.69, 9.17) is 4.74 Å². The summed E-state index contributed by atoms with van der Waals surface area (Å²) in [5, 5.41) is 20.0. The van der Waals surface area contributed by atoms with Crippen LogP contribution in [0.2, 0.25) is 0 Å². The van der Waals surface area contributed by atoms with Gasteiger partial charge in [-0.05, 0) is 61.1 Å². The van der Waals surface area contributed by atoms with E-state index in [1.165, 1.54) is 0 Å². The number of ether oxygens (including phenoxy) is 1. The van der Waals surface area contributed by atoms with Crippen LogP contribution in [0.1, 0.15) is 63.5 Å². The summed E-state index contributed by atoms with van der Waals surface area (Å²) >= 11 is 0. The van der Waals surface area contributed by atoms with Gasteiger partial charge in [0, 0.05) is 11.1 Å². The van der Waals surface area contributed by atoms with Crippen molar-refractivity contribution >= 4 is 0 Å². The Morgan fingerprint density at radius 2 is 1.17 bits per heavy atom. The van der Waals surface area contributed by atoms with E-state index in [9.17, 15) is 10.2 Å². The molecule has 2 N–H and O–H groups in total. The fourth-order valence-electron chi connectivity index (χ4n) is 2.56. The van der Waals surface area contributed by atoms with E-state index >= 15 is 0 Å². The molecule has 3 heteroatoms. The molecule has 124 valence electrons. The smallest absolute Gasteiger partial charge is 0.127 e. The summed E-state index contributed by atoms with van der Waals surface area (Å²) in [7, 11) is 0. The van der Waals surface area contributed by atoms with Gasteiger partial charge in [0.1, 0.15) is 23.0 Å². The predicted octanol–water partition coefficient (Wildman–Crippen LogP) is 5.92. The van der Waals surface area contributed by atoms with E-state index < -0.39 is 0 Å². The highest BCUT2D eigenvalue weighted by atomic mass is 16.5. The second kappa shape index (κ2) is 7.40. The van der Waals surface area contributed by atoms with Crippen LogP contribution in [0.25, 0.3) is 0 Å². The maximum absolute atomic E-state index is 10.00. The second-order valence-electron chi connectivity index (χ2n) is 6.16. The average Bonchev–Trinajstić information content (AvgIpc) is 2.56. The van der Waals surface area contributed by atoms with E-state index in [-0.39, 0.29) is 11.8 Å². The largest absolute Gasteiger partial charge is 0.508 e. The predicted molar refractivity (Wildman–Crippen MR) is 93.7 cm³/mol. The number of benzene rings is 2. The normalized spacial score (nSPS) is 13.6. The number of phenolic OH excluding ortho intramolecular Hbond substituents is 2. The first-order chi connectivity index (χ1) is 11.0. The fraction of sp³-hybridized carbons (Fsp3) is 0.400. The number of hydrogen-bond acceptors (Lipinski definition) is 3. The first kappa shape index (κ1) is 17.2. The molecule has 2 aromatic carbocycles. The highest BCUT2D eigenvalue weighted by Crippen LogP contribution is 2.36. The van der Waals surface area contributed by atoms with Gasteiger partial charge < -0.3 is 14.9 Å². The summed E-state index contributed by atoms with van der Waals surface area (Å²) in [5.41, 5.74) is 1.79. The quantitative estimate of drug-likeness (QED) is 0.696. The van der Waals surface area contributed by atoms with Gasteiger partial charge >= 0.3 is 0 Å². The van der Waals surface area contributed by atoms with Crippen LogP contribution < -0.4 is 4.74 Å². The van der Waals surface area contributed by atoms with E-state index in [1.807, 2.05) is 12.1 Å². The molecule has 23 heavy (non-hydrogen) atoms. The highest BCUT2D eigenvalue weighted by molar-refractivity contribution is 5.46. The van der Waals surface area contributed by atoms with Crippen LogP contribution in [0.5, 0.6) is 23.0 Å². The van der Waals surface area contributed by atoms with Crippen LogP contribution >= 0.6 is 0 Å². The number of phenols is 2. The van der Waals surface area contributed by atoms with E-state index in [1.54, 1.807) is 24.3 Å². The van der Waals surface area contributed by atoms with Crippen molar-refractivity contribution in [2.24, 2.45) is 0 Å². The van der Waals surface area contributed by atoms with Crippen LogP contribution in [-0.4, -0.2) is 10.2 Å². The van der Waals surface area contributed by atoms with Crippen molar-refractivity contribution in [1.82, 2.24) is 0 Å². The monoisotopic (exact) mass is 314 g/mol. The zero-order valence-corrected chi connectivity index (χ0v) is 14.3. The Morgan fingerprint density at radius 1 is 0.783 bits per heavy atom. The van der Waals surface area contributed by atoms with E-state index in [0.717, 1.165) is 24.0 Å². The Hall–Kier alpha value is -2.16. The summed E-state index contributed by atoms with van der Waals surface area (Å²) < 4.78 is 5.94. The van der Waals surface area contributed by atoms with Gasteiger partial charge in [0.2, 0.25) is 0 Å². The topological polar surface area (TPSA) is 49.7 Å². The van der Waals surface area contributed by atoms with Crippen LogP contribution in [0.15, 0.2) is 36.4 Å². The molecule has 0 saturated carbocycles. The molecule has 2 aromatic rings. The summed E-state index contributed by atoms with van der Waals surface area (Å²) in [5.74, 6) is 2.54. The Labute approximate surface area is 138 Å². The Kier molecular flexibility index (Phi) is 5.54. The zero-order chi connectivity index (χ0) is 17.0. The molecule has 0 fully saturated rings. The minimum atomic E-state index is 0.272. The molecule has 2 rings (SSSR count). The Balaban J connectivity index is 2.29. The first-order valence-electron chi connectivity index (χ1n) is 8.29. The van der Waals surface area contributed by atoms with E-state index in [0.29, 0.717) is 23.0 Å². The molecule has 0 heterocycles. The molecule has 0 spiro atoms. The van der Waals surface area contributed by atoms with Crippen LogP contribution in [0.4, 0.5) is 0 Å². The van der Waals surface area contributed by atoms with Gasteiger partial charge in [0.15, 0.2) is 0 Å². The van der Waals surface area contributed by atoms with Gasteiger partial charge in [-0.3, -0.25) is 0 Å². The lowest BCUT2D eigenvalue weighted by molar-refractivity contribution is 0.446. The van der Waals surface area contributed by atoms with Gasteiger partial charge in [-0.2, -0.15) is 0 Å². The fourth-order valence-corrected chi connectivity index (χ4v) is 2.56. The molecule has 0 aliphatic rings. The van der Waals surface area contributed by atoms with Crippen molar-refractivity contribution in [2.75, 3.05) is 0 Å². The highest BCUT2D eigenvalue weighted by Gasteiger charge is 2.13. The van der Waals surface area contributed by atoms with Crippen LogP contribution in [0.3, 0.4) is 0 Å². The minimum absolute atomic E-state index is 0.272. The van der Waals surface area contributed by atoms with Crippen molar-refractivity contribution in [3.63, 3.8) is 0 Å². The molecule has 2 atom stereocenters.